The van der Waals surface area contributed by atoms with E-state index in [1.54, 1.807) is 28.8 Å². The van der Waals surface area contributed by atoms with E-state index in [9.17, 15) is 9.59 Å². The van der Waals surface area contributed by atoms with Crippen molar-refractivity contribution in [3.63, 3.8) is 0 Å². The largest absolute Gasteiger partial charge is 0.342 e. The van der Waals surface area contributed by atoms with Crippen molar-refractivity contribution in [2.45, 2.75) is 30.8 Å². The molecule has 5 nitrogen and oxygen atoms in total. The van der Waals surface area contributed by atoms with Crippen LogP contribution >= 0.6 is 23.4 Å². The monoisotopic (exact) mass is 427 g/mol. The molecule has 0 atom stereocenters. The van der Waals surface area contributed by atoms with Crippen LogP contribution in [0.4, 0.5) is 0 Å². The van der Waals surface area contributed by atoms with Crippen molar-refractivity contribution in [1.29, 1.82) is 0 Å². The number of halogens is 1. The second-order valence-electron chi connectivity index (χ2n) is 7.12. The standard InChI is InChI=1S/C22H22ClN3O2S/c23-16-8-7-9-17(14-16)26-21(28)18-10-3-4-11-19(18)24-22(26)29-15-20(27)25-12-5-1-2-6-13-25/h3-4,7-11,14H,1-2,5-6,12-13,15H2. The van der Waals surface area contributed by atoms with Gasteiger partial charge in [0.25, 0.3) is 5.56 Å². The maximum absolute atomic E-state index is 13.2. The van der Waals surface area contributed by atoms with E-state index in [1.165, 1.54) is 24.6 Å². The smallest absolute Gasteiger partial charge is 0.266 e. The van der Waals surface area contributed by atoms with E-state index in [-0.39, 0.29) is 17.2 Å². The van der Waals surface area contributed by atoms with Crippen LogP contribution in [-0.2, 0) is 4.79 Å². The van der Waals surface area contributed by atoms with Gasteiger partial charge in [-0.3, -0.25) is 14.2 Å². The van der Waals surface area contributed by atoms with Crippen LogP contribution in [0.25, 0.3) is 16.6 Å². The van der Waals surface area contributed by atoms with E-state index in [1.807, 2.05) is 29.2 Å². The van der Waals surface area contributed by atoms with E-state index in [4.69, 9.17) is 11.6 Å². The fourth-order valence-electron chi connectivity index (χ4n) is 3.59. The number of fused-ring (bicyclic) bond motifs is 1. The van der Waals surface area contributed by atoms with Gasteiger partial charge in [0.15, 0.2) is 5.16 Å². The van der Waals surface area contributed by atoms with Gasteiger partial charge in [0, 0.05) is 18.1 Å². The highest BCUT2D eigenvalue weighted by Gasteiger charge is 2.19. The van der Waals surface area contributed by atoms with Crippen molar-refractivity contribution in [3.05, 3.63) is 63.9 Å². The second kappa shape index (κ2) is 9.01. The average molecular weight is 428 g/mol. The zero-order chi connectivity index (χ0) is 20.2. The number of carbonyl (C=O) groups excluding carboxylic acids is 1. The number of aromatic nitrogens is 2. The molecule has 0 aliphatic carbocycles. The van der Waals surface area contributed by atoms with Gasteiger partial charge in [-0.05, 0) is 43.2 Å². The topological polar surface area (TPSA) is 55.2 Å². The maximum Gasteiger partial charge on any atom is 0.266 e. The van der Waals surface area contributed by atoms with Crippen LogP contribution in [0.3, 0.4) is 0 Å². The van der Waals surface area contributed by atoms with Crippen molar-refractivity contribution in [1.82, 2.24) is 14.5 Å². The van der Waals surface area contributed by atoms with Crippen LogP contribution in [0.2, 0.25) is 5.02 Å². The molecule has 1 aliphatic heterocycles. The minimum Gasteiger partial charge on any atom is -0.342 e. The first-order chi connectivity index (χ1) is 14.1. The van der Waals surface area contributed by atoms with Gasteiger partial charge in [0.2, 0.25) is 5.91 Å². The van der Waals surface area contributed by atoms with Gasteiger partial charge in [-0.2, -0.15) is 0 Å². The molecule has 1 fully saturated rings. The summed E-state index contributed by atoms with van der Waals surface area (Å²) in [5, 5.41) is 1.58. The fraction of sp³-hybridized carbons (Fsp3) is 0.318. The molecule has 29 heavy (non-hydrogen) atoms. The second-order valence-corrected chi connectivity index (χ2v) is 8.49. The lowest BCUT2D eigenvalue weighted by molar-refractivity contribution is -0.128. The summed E-state index contributed by atoms with van der Waals surface area (Å²) in [4.78, 5) is 32.6. The van der Waals surface area contributed by atoms with E-state index in [2.05, 4.69) is 4.98 Å². The molecule has 1 amide bonds. The van der Waals surface area contributed by atoms with Crippen molar-refractivity contribution in [3.8, 4) is 5.69 Å². The van der Waals surface area contributed by atoms with Gasteiger partial charge in [-0.25, -0.2) is 4.98 Å². The lowest BCUT2D eigenvalue weighted by Crippen LogP contribution is -2.33. The van der Waals surface area contributed by atoms with Crippen LogP contribution in [0.1, 0.15) is 25.7 Å². The van der Waals surface area contributed by atoms with Crippen molar-refractivity contribution >= 4 is 40.2 Å². The predicted molar refractivity (Wildman–Crippen MR) is 118 cm³/mol. The van der Waals surface area contributed by atoms with E-state index < -0.39 is 0 Å². The van der Waals surface area contributed by atoms with Crippen LogP contribution < -0.4 is 5.56 Å². The molecule has 0 unspecified atom stereocenters. The molecule has 4 rings (SSSR count). The van der Waals surface area contributed by atoms with Gasteiger partial charge >= 0.3 is 0 Å². The molecule has 0 N–H and O–H groups in total. The first-order valence-corrected chi connectivity index (χ1v) is 11.2. The van der Waals surface area contributed by atoms with Gasteiger partial charge in [0.05, 0.1) is 22.3 Å². The van der Waals surface area contributed by atoms with Gasteiger partial charge in [-0.15, -0.1) is 0 Å². The molecule has 2 aromatic carbocycles. The molecule has 150 valence electrons. The highest BCUT2D eigenvalue weighted by Crippen LogP contribution is 2.23. The Labute approximate surface area is 178 Å². The summed E-state index contributed by atoms with van der Waals surface area (Å²) in [6.45, 7) is 1.62. The Morgan fingerprint density at radius 1 is 1.03 bits per heavy atom. The van der Waals surface area contributed by atoms with E-state index >= 15 is 0 Å². The molecular weight excluding hydrogens is 406 g/mol. The summed E-state index contributed by atoms with van der Waals surface area (Å²) in [6.07, 6.45) is 4.46. The first-order valence-electron chi connectivity index (χ1n) is 9.82. The Balaban J connectivity index is 1.69. The van der Waals surface area contributed by atoms with Crippen molar-refractivity contribution < 1.29 is 4.79 Å². The highest BCUT2D eigenvalue weighted by atomic mass is 35.5. The molecule has 0 radical (unpaired) electrons. The summed E-state index contributed by atoms with van der Waals surface area (Å²) in [5.74, 6) is 0.350. The number of carbonyl (C=O) groups is 1. The Hall–Kier alpha value is -2.31. The number of nitrogens with zero attached hydrogens (tertiary/aromatic N) is 3. The molecule has 0 bridgehead atoms. The number of thioether (sulfide) groups is 1. The van der Waals surface area contributed by atoms with Gasteiger partial charge < -0.3 is 4.90 Å². The zero-order valence-corrected chi connectivity index (χ0v) is 17.6. The third-order valence-electron chi connectivity index (χ3n) is 5.09. The number of hydrogen-bond acceptors (Lipinski definition) is 4. The number of hydrogen-bond donors (Lipinski definition) is 0. The van der Waals surface area contributed by atoms with Crippen LogP contribution in [0, 0.1) is 0 Å². The lowest BCUT2D eigenvalue weighted by atomic mass is 10.2. The molecule has 7 heteroatoms. The zero-order valence-electron chi connectivity index (χ0n) is 16.0. The van der Waals surface area contributed by atoms with Crippen LogP contribution in [0.5, 0.6) is 0 Å². The van der Waals surface area contributed by atoms with Gasteiger partial charge in [0.1, 0.15) is 0 Å². The SMILES string of the molecule is O=C(CSc1nc2ccccc2c(=O)n1-c1cccc(Cl)c1)N1CCCCCC1. The number of rotatable bonds is 4. The van der Waals surface area contributed by atoms with E-state index in [0.717, 1.165) is 25.9 Å². The normalized spacial score (nSPS) is 14.7. The number of para-hydroxylation sites is 1. The minimum atomic E-state index is -0.164. The Kier molecular flexibility index (Phi) is 6.21. The fourth-order valence-corrected chi connectivity index (χ4v) is 4.69. The van der Waals surface area contributed by atoms with Crippen molar-refractivity contribution in [2.24, 2.45) is 0 Å². The Bertz CT molecular complexity index is 1090. The van der Waals surface area contributed by atoms with Crippen LogP contribution in [-0.4, -0.2) is 39.2 Å². The van der Waals surface area contributed by atoms with Crippen LogP contribution in [0.15, 0.2) is 58.5 Å². The molecule has 3 aromatic rings. The first kappa shape index (κ1) is 20.0. The summed E-state index contributed by atoms with van der Waals surface area (Å²) in [5.41, 5.74) is 1.11. The molecular formula is C22H22ClN3O2S. The van der Waals surface area contributed by atoms with E-state index in [0.29, 0.717) is 26.8 Å². The summed E-state index contributed by atoms with van der Waals surface area (Å²) in [7, 11) is 0. The quantitative estimate of drug-likeness (QED) is 0.453. The summed E-state index contributed by atoms with van der Waals surface area (Å²) < 4.78 is 1.55. The predicted octanol–water partition coefficient (Wildman–Crippen LogP) is 4.53. The highest BCUT2D eigenvalue weighted by molar-refractivity contribution is 7.99. The summed E-state index contributed by atoms with van der Waals surface area (Å²) >= 11 is 7.46. The lowest BCUT2D eigenvalue weighted by Gasteiger charge is -2.20. The molecule has 1 aromatic heterocycles. The number of amides is 1. The summed E-state index contributed by atoms with van der Waals surface area (Å²) in [6, 6.07) is 14.4. The van der Waals surface area contributed by atoms with Crippen molar-refractivity contribution in [2.75, 3.05) is 18.8 Å². The maximum atomic E-state index is 13.2. The Morgan fingerprint density at radius 2 is 1.79 bits per heavy atom. The molecule has 0 spiro atoms. The van der Waals surface area contributed by atoms with Gasteiger partial charge in [-0.1, -0.05) is 54.4 Å². The minimum absolute atomic E-state index is 0.0944. The number of benzene rings is 2. The average Bonchev–Trinajstić information content (AvgIpc) is 3.02. The third kappa shape index (κ3) is 4.49. The third-order valence-corrected chi connectivity index (χ3v) is 6.25. The molecule has 2 heterocycles. The molecule has 1 saturated heterocycles. The number of likely N-dealkylation sites (tertiary alicyclic amines) is 1. The molecule has 0 saturated carbocycles. The Morgan fingerprint density at radius 3 is 2.55 bits per heavy atom. The molecule has 1 aliphatic rings.